The van der Waals surface area contributed by atoms with Crippen molar-refractivity contribution in [1.82, 2.24) is 0 Å². The zero-order chi connectivity index (χ0) is 9.97. The molecule has 0 amide bonds. The number of phenols is 1. The zero-order valence-electron chi connectivity index (χ0n) is 8.79. The SMILES string of the molecule is CCC[C@H]1CCc2c(O)cccc2C1. The van der Waals surface area contributed by atoms with Gasteiger partial charge in [-0.1, -0.05) is 31.9 Å². The van der Waals surface area contributed by atoms with E-state index in [1.54, 1.807) is 6.07 Å². The fourth-order valence-corrected chi connectivity index (χ4v) is 2.52. The Balaban J connectivity index is 2.18. The third-order valence-electron chi connectivity index (χ3n) is 3.26. The van der Waals surface area contributed by atoms with Crippen LogP contribution < -0.4 is 0 Å². The van der Waals surface area contributed by atoms with Crippen molar-refractivity contribution >= 4 is 0 Å². The Labute approximate surface area is 85.8 Å². The summed E-state index contributed by atoms with van der Waals surface area (Å²) in [5, 5.41) is 9.67. The van der Waals surface area contributed by atoms with E-state index in [4.69, 9.17) is 0 Å². The van der Waals surface area contributed by atoms with Gasteiger partial charge in [-0.05, 0) is 42.4 Å². The number of aromatic hydroxyl groups is 1. The largest absolute Gasteiger partial charge is 0.508 e. The minimum Gasteiger partial charge on any atom is -0.508 e. The molecule has 1 aromatic carbocycles. The Morgan fingerprint density at radius 2 is 2.29 bits per heavy atom. The molecule has 0 aliphatic heterocycles. The van der Waals surface area contributed by atoms with Gasteiger partial charge in [0.2, 0.25) is 0 Å². The molecular formula is C13H18O. The summed E-state index contributed by atoms with van der Waals surface area (Å²) in [6, 6.07) is 5.93. The Bertz CT molecular complexity index is 317. The lowest BCUT2D eigenvalue weighted by Crippen LogP contribution is -2.13. The number of hydrogen-bond donors (Lipinski definition) is 1. The van der Waals surface area contributed by atoms with Crippen LogP contribution >= 0.6 is 0 Å². The van der Waals surface area contributed by atoms with Gasteiger partial charge in [0, 0.05) is 0 Å². The molecule has 1 aromatic rings. The van der Waals surface area contributed by atoms with Crippen LogP contribution in [0.1, 0.15) is 37.3 Å². The summed E-state index contributed by atoms with van der Waals surface area (Å²) < 4.78 is 0. The van der Waals surface area contributed by atoms with Gasteiger partial charge in [0.25, 0.3) is 0 Å². The molecule has 0 bridgehead atoms. The second kappa shape index (κ2) is 4.04. The highest BCUT2D eigenvalue weighted by Crippen LogP contribution is 2.32. The van der Waals surface area contributed by atoms with Crippen LogP contribution in [0.3, 0.4) is 0 Å². The minimum absolute atomic E-state index is 0.498. The van der Waals surface area contributed by atoms with Gasteiger partial charge in [0.15, 0.2) is 0 Å². The normalized spacial score (nSPS) is 20.5. The Morgan fingerprint density at radius 3 is 3.07 bits per heavy atom. The van der Waals surface area contributed by atoms with Gasteiger partial charge in [-0.25, -0.2) is 0 Å². The first-order chi connectivity index (χ1) is 6.81. The highest BCUT2D eigenvalue weighted by atomic mass is 16.3. The van der Waals surface area contributed by atoms with Gasteiger partial charge in [-0.15, -0.1) is 0 Å². The van der Waals surface area contributed by atoms with E-state index in [9.17, 15) is 5.11 Å². The first kappa shape index (κ1) is 9.57. The molecule has 1 heteroatoms. The second-order valence-electron chi connectivity index (χ2n) is 4.31. The zero-order valence-corrected chi connectivity index (χ0v) is 8.79. The molecule has 1 aliphatic rings. The van der Waals surface area contributed by atoms with Crippen molar-refractivity contribution in [3.05, 3.63) is 29.3 Å². The van der Waals surface area contributed by atoms with Gasteiger partial charge >= 0.3 is 0 Å². The topological polar surface area (TPSA) is 20.2 Å². The van der Waals surface area contributed by atoms with Crippen LogP contribution in [0.15, 0.2) is 18.2 Å². The maximum atomic E-state index is 9.67. The van der Waals surface area contributed by atoms with E-state index in [1.807, 2.05) is 6.07 Å². The highest BCUT2D eigenvalue weighted by Gasteiger charge is 2.19. The number of rotatable bonds is 2. The summed E-state index contributed by atoms with van der Waals surface area (Å²) in [5.74, 6) is 1.34. The molecule has 1 N–H and O–H groups in total. The molecule has 0 radical (unpaired) electrons. The average Bonchev–Trinajstić information content (AvgIpc) is 2.18. The molecule has 1 atom stereocenters. The molecule has 0 saturated carbocycles. The summed E-state index contributed by atoms with van der Waals surface area (Å²) in [6.45, 7) is 2.25. The van der Waals surface area contributed by atoms with E-state index in [1.165, 1.54) is 30.4 Å². The van der Waals surface area contributed by atoms with Gasteiger partial charge in [-0.2, -0.15) is 0 Å². The summed E-state index contributed by atoms with van der Waals surface area (Å²) in [4.78, 5) is 0. The Morgan fingerprint density at radius 1 is 1.43 bits per heavy atom. The van der Waals surface area contributed by atoms with Crippen molar-refractivity contribution in [3.8, 4) is 5.75 Å². The Hall–Kier alpha value is -0.980. The molecule has 14 heavy (non-hydrogen) atoms. The first-order valence-corrected chi connectivity index (χ1v) is 5.61. The Kier molecular flexibility index (Phi) is 2.76. The predicted molar refractivity (Wildman–Crippen MR) is 58.5 cm³/mol. The van der Waals surface area contributed by atoms with E-state index < -0.39 is 0 Å². The monoisotopic (exact) mass is 190 g/mol. The molecule has 1 nitrogen and oxygen atoms in total. The van der Waals surface area contributed by atoms with Crippen LogP contribution in [0, 0.1) is 5.92 Å². The maximum absolute atomic E-state index is 9.67. The quantitative estimate of drug-likeness (QED) is 0.758. The van der Waals surface area contributed by atoms with E-state index in [0.29, 0.717) is 5.75 Å². The van der Waals surface area contributed by atoms with Crippen molar-refractivity contribution in [2.24, 2.45) is 5.92 Å². The summed E-state index contributed by atoms with van der Waals surface area (Å²) >= 11 is 0. The molecule has 0 spiro atoms. The third kappa shape index (κ3) is 1.77. The van der Waals surface area contributed by atoms with Gasteiger partial charge < -0.3 is 5.11 Å². The molecule has 76 valence electrons. The van der Waals surface area contributed by atoms with E-state index in [2.05, 4.69) is 13.0 Å². The van der Waals surface area contributed by atoms with Crippen molar-refractivity contribution in [2.45, 2.75) is 39.0 Å². The number of fused-ring (bicyclic) bond motifs is 1. The third-order valence-corrected chi connectivity index (χ3v) is 3.26. The number of benzene rings is 1. The molecule has 2 rings (SSSR count). The molecule has 0 heterocycles. The van der Waals surface area contributed by atoms with Gasteiger partial charge in [0.05, 0.1) is 0 Å². The fourth-order valence-electron chi connectivity index (χ4n) is 2.52. The summed E-state index contributed by atoms with van der Waals surface area (Å²) in [7, 11) is 0. The predicted octanol–water partition coefficient (Wildman–Crippen LogP) is 3.30. The summed E-state index contributed by atoms with van der Waals surface area (Å²) in [5.41, 5.74) is 2.56. The van der Waals surface area contributed by atoms with E-state index in [0.717, 1.165) is 18.8 Å². The standard InChI is InChI=1S/C13H18O/c1-2-4-10-7-8-12-11(9-10)5-3-6-13(12)14/h3,5-6,10,14H,2,4,7-9H2,1H3/t10-/m0/s1. The first-order valence-electron chi connectivity index (χ1n) is 5.61. The molecule has 0 aromatic heterocycles. The van der Waals surface area contributed by atoms with E-state index in [-0.39, 0.29) is 0 Å². The molecule has 1 aliphatic carbocycles. The lowest BCUT2D eigenvalue weighted by Gasteiger charge is -2.24. The van der Waals surface area contributed by atoms with Crippen LogP contribution in [0.25, 0.3) is 0 Å². The number of phenolic OH excluding ortho intramolecular Hbond substituents is 1. The highest BCUT2D eigenvalue weighted by molar-refractivity contribution is 5.40. The van der Waals surface area contributed by atoms with Crippen LogP contribution in [-0.2, 0) is 12.8 Å². The van der Waals surface area contributed by atoms with Crippen molar-refractivity contribution in [3.63, 3.8) is 0 Å². The fraction of sp³-hybridized carbons (Fsp3) is 0.538. The number of hydrogen-bond acceptors (Lipinski definition) is 1. The molecule has 0 unspecified atom stereocenters. The molecule has 0 fully saturated rings. The van der Waals surface area contributed by atoms with Crippen molar-refractivity contribution in [2.75, 3.05) is 0 Å². The van der Waals surface area contributed by atoms with E-state index >= 15 is 0 Å². The van der Waals surface area contributed by atoms with Crippen LogP contribution in [0.4, 0.5) is 0 Å². The average molecular weight is 190 g/mol. The maximum Gasteiger partial charge on any atom is 0.119 e. The molecular weight excluding hydrogens is 172 g/mol. The minimum atomic E-state index is 0.498. The lowest BCUT2D eigenvalue weighted by atomic mass is 9.81. The molecule has 0 saturated heterocycles. The second-order valence-corrected chi connectivity index (χ2v) is 4.31. The van der Waals surface area contributed by atoms with Crippen molar-refractivity contribution < 1.29 is 5.11 Å². The van der Waals surface area contributed by atoms with Crippen LogP contribution in [0.2, 0.25) is 0 Å². The van der Waals surface area contributed by atoms with Crippen molar-refractivity contribution in [1.29, 1.82) is 0 Å². The van der Waals surface area contributed by atoms with Crippen LogP contribution in [-0.4, -0.2) is 5.11 Å². The van der Waals surface area contributed by atoms with Crippen LogP contribution in [0.5, 0.6) is 5.75 Å². The van der Waals surface area contributed by atoms with Gasteiger partial charge in [0.1, 0.15) is 5.75 Å². The van der Waals surface area contributed by atoms with Gasteiger partial charge in [-0.3, -0.25) is 0 Å². The lowest BCUT2D eigenvalue weighted by molar-refractivity contribution is 0.406. The smallest absolute Gasteiger partial charge is 0.119 e. The summed E-state index contributed by atoms with van der Waals surface area (Å²) in [6.07, 6.45) is 6.08.